The van der Waals surface area contributed by atoms with Gasteiger partial charge in [-0.2, -0.15) is 10.5 Å². The summed E-state index contributed by atoms with van der Waals surface area (Å²) in [6.45, 7) is 4.70. The molecule has 0 spiro atoms. The molecule has 0 nitrogen and oxygen atoms in total. The first kappa shape index (κ1) is 6.34. The quantitative estimate of drug-likeness (QED) is 0.441. The molecule has 0 bridgehead atoms. The van der Waals surface area contributed by atoms with Gasteiger partial charge in [0.05, 0.1) is 0 Å². The van der Waals surface area contributed by atoms with Gasteiger partial charge in [-0.15, -0.1) is 0 Å². The van der Waals surface area contributed by atoms with Gasteiger partial charge in [-0.05, 0) is 23.8 Å². The van der Waals surface area contributed by atoms with Crippen LogP contribution in [0.5, 0.6) is 0 Å². The van der Waals surface area contributed by atoms with Crippen LogP contribution in [0.2, 0.25) is 0 Å². The predicted octanol–water partition coefficient (Wildman–Crippen LogP) is 2.12. The van der Waals surface area contributed by atoms with E-state index < -0.39 is 0 Å². The third kappa shape index (κ3) is 0.970. The maximum atomic E-state index is 2.47. The summed E-state index contributed by atoms with van der Waals surface area (Å²) in [4.78, 5) is 0. The van der Waals surface area contributed by atoms with Crippen molar-refractivity contribution in [3.05, 3.63) is 0 Å². The van der Waals surface area contributed by atoms with Crippen molar-refractivity contribution < 1.29 is 0 Å². The zero-order valence-corrected chi connectivity index (χ0v) is 6.66. The van der Waals surface area contributed by atoms with E-state index in [0.717, 1.165) is 11.2 Å². The molecule has 0 aliphatic carbocycles. The fraction of sp³-hybridized carbons (Fsp3) is 0.857. The van der Waals surface area contributed by atoms with Gasteiger partial charge in [-0.3, -0.25) is 0 Å². The van der Waals surface area contributed by atoms with E-state index in [1.54, 1.807) is 0 Å². The van der Waals surface area contributed by atoms with Crippen LogP contribution in [0.25, 0.3) is 0 Å². The minimum Gasteiger partial charge on any atom is -0.190 e. The molecule has 1 aliphatic rings. The van der Waals surface area contributed by atoms with Gasteiger partial charge < -0.3 is 0 Å². The van der Waals surface area contributed by atoms with Crippen molar-refractivity contribution in [2.24, 2.45) is 5.92 Å². The molecule has 0 saturated carbocycles. The molecule has 0 amide bonds. The maximum absolute atomic E-state index is 2.47. The summed E-state index contributed by atoms with van der Waals surface area (Å²) in [7, 11) is 0.627. The first-order valence-electron chi connectivity index (χ1n) is 3.18. The second kappa shape index (κ2) is 2.22. The van der Waals surface area contributed by atoms with Gasteiger partial charge in [-0.1, -0.05) is 19.2 Å². The molecular formula is C7H14S. The number of hydrogen-bond acceptors (Lipinski definition) is 0. The van der Waals surface area contributed by atoms with E-state index >= 15 is 0 Å². The van der Waals surface area contributed by atoms with E-state index in [0.29, 0.717) is 10.5 Å². The second-order valence-corrected chi connectivity index (χ2v) is 4.98. The van der Waals surface area contributed by atoms with Crippen molar-refractivity contribution in [1.82, 2.24) is 0 Å². The topological polar surface area (TPSA) is 0 Å². The van der Waals surface area contributed by atoms with E-state index in [-0.39, 0.29) is 0 Å². The highest BCUT2D eigenvalue weighted by Crippen LogP contribution is 2.31. The molecule has 0 fully saturated rings. The normalized spacial score (nSPS) is 46.6. The Hall–Kier alpha value is 0.220. The Bertz CT molecular complexity index is 116. The van der Waals surface area contributed by atoms with Gasteiger partial charge in [-0.25, -0.2) is 0 Å². The molecule has 0 aromatic heterocycles. The summed E-state index contributed by atoms with van der Waals surface area (Å²) >= 11 is 0. The second-order valence-electron chi connectivity index (χ2n) is 2.69. The van der Waals surface area contributed by atoms with E-state index in [1.165, 1.54) is 6.42 Å². The van der Waals surface area contributed by atoms with Crippen LogP contribution >= 0.6 is 10.5 Å². The Morgan fingerprint density at radius 3 is 2.25 bits per heavy atom. The van der Waals surface area contributed by atoms with Crippen molar-refractivity contribution in [2.45, 2.75) is 25.5 Å². The molecule has 1 rings (SSSR count). The smallest absolute Gasteiger partial charge is 0.000766 e. The molecule has 0 saturated heterocycles. The summed E-state index contributed by atoms with van der Waals surface area (Å²) in [6.07, 6.45) is 3.69. The number of rotatable bonds is 0. The van der Waals surface area contributed by atoms with Crippen molar-refractivity contribution in [3.63, 3.8) is 0 Å². The third-order valence-corrected chi connectivity index (χ3v) is 4.47. The van der Waals surface area contributed by atoms with Crippen LogP contribution in [-0.2, 0) is 0 Å². The first-order valence-corrected chi connectivity index (χ1v) is 4.94. The van der Waals surface area contributed by atoms with Gasteiger partial charge >= 0.3 is 0 Å². The molecule has 1 heteroatoms. The molecule has 48 valence electrons. The molecule has 0 aromatic carbocycles. The molecular weight excluding hydrogens is 116 g/mol. The summed E-state index contributed by atoms with van der Waals surface area (Å²) < 4.78 is 0. The van der Waals surface area contributed by atoms with Crippen molar-refractivity contribution in [3.8, 4) is 0 Å². The molecule has 3 unspecified atom stereocenters. The maximum Gasteiger partial charge on any atom is -0.000766 e. The third-order valence-electron chi connectivity index (χ3n) is 2.12. The Labute approximate surface area is 54.2 Å². The molecule has 1 aliphatic heterocycles. The lowest BCUT2D eigenvalue weighted by Gasteiger charge is -2.10. The minimum absolute atomic E-state index is 0.627. The van der Waals surface area contributed by atoms with Crippen LogP contribution in [0.3, 0.4) is 0 Å². The molecule has 0 radical (unpaired) electrons. The lowest BCUT2D eigenvalue weighted by atomic mass is 10.1. The molecule has 8 heavy (non-hydrogen) atoms. The number of hydrogen-bond donors (Lipinski definition) is 0. The van der Waals surface area contributed by atoms with Gasteiger partial charge in [0.25, 0.3) is 0 Å². The highest BCUT2D eigenvalue weighted by Gasteiger charge is 2.16. The fourth-order valence-electron chi connectivity index (χ4n) is 1.01. The lowest BCUT2D eigenvalue weighted by Crippen LogP contribution is -2.03. The van der Waals surface area contributed by atoms with E-state index in [9.17, 15) is 0 Å². The fourth-order valence-corrected chi connectivity index (χ4v) is 2.77. The molecule has 0 aromatic rings. The summed E-state index contributed by atoms with van der Waals surface area (Å²) in [5.41, 5.74) is 0. The zero-order valence-electron chi connectivity index (χ0n) is 5.85. The van der Waals surface area contributed by atoms with Crippen LogP contribution in [0, 0.1) is 5.92 Å². The zero-order chi connectivity index (χ0) is 6.15. The van der Waals surface area contributed by atoms with Crippen molar-refractivity contribution in [2.75, 3.05) is 6.26 Å². The van der Waals surface area contributed by atoms with Crippen LogP contribution in [0.4, 0.5) is 0 Å². The summed E-state index contributed by atoms with van der Waals surface area (Å²) in [6, 6.07) is 0. The van der Waals surface area contributed by atoms with E-state index in [2.05, 4.69) is 25.5 Å². The summed E-state index contributed by atoms with van der Waals surface area (Å²) in [5, 5.41) is 3.42. The molecule has 3 atom stereocenters. The highest BCUT2D eigenvalue weighted by atomic mass is 32.2. The van der Waals surface area contributed by atoms with Gasteiger partial charge in [0.1, 0.15) is 0 Å². The van der Waals surface area contributed by atoms with Gasteiger partial charge in [0.2, 0.25) is 0 Å². The Kier molecular flexibility index (Phi) is 1.76. The SMILES string of the molecule is CC1CC=S(C)C1C. The highest BCUT2D eigenvalue weighted by molar-refractivity contribution is 8.15. The average Bonchev–Trinajstić information content (AvgIpc) is 1.98. The van der Waals surface area contributed by atoms with Crippen molar-refractivity contribution >= 4 is 15.9 Å². The van der Waals surface area contributed by atoms with Crippen LogP contribution < -0.4 is 0 Å². The van der Waals surface area contributed by atoms with E-state index in [4.69, 9.17) is 0 Å². The van der Waals surface area contributed by atoms with Crippen LogP contribution in [0.15, 0.2) is 0 Å². The van der Waals surface area contributed by atoms with Gasteiger partial charge in [0, 0.05) is 0 Å². The Morgan fingerprint density at radius 2 is 2.12 bits per heavy atom. The molecule has 1 heterocycles. The standard InChI is InChI=1S/C7H14S/c1-6-4-5-8(3)7(6)2/h5-7H,4H2,1-3H3. The Morgan fingerprint density at radius 1 is 1.50 bits per heavy atom. The van der Waals surface area contributed by atoms with Crippen LogP contribution in [0.1, 0.15) is 20.3 Å². The average molecular weight is 130 g/mol. The monoisotopic (exact) mass is 130 g/mol. The lowest BCUT2D eigenvalue weighted by molar-refractivity contribution is 0.619. The van der Waals surface area contributed by atoms with E-state index in [1.807, 2.05) is 0 Å². The summed E-state index contributed by atoms with van der Waals surface area (Å²) in [5.74, 6) is 0.948. The first-order chi connectivity index (χ1) is 3.72. The predicted molar refractivity (Wildman–Crippen MR) is 42.8 cm³/mol. The van der Waals surface area contributed by atoms with Gasteiger partial charge in [0.15, 0.2) is 0 Å². The largest absolute Gasteiger partial charge is 0.190 e. The molecule has 0 N–H and O–H groups in total. The van der Waals surface area contributed by atoms with Crippen LogP contribution in [-0.4, -0.2) is 16.9 Å². The Balaban J connectivity index is 2.59. The minimum atomic E-state index is 0.627. The van der Waals surface area contributed by atoms with Crippen molar-refractivity contribution in [1.29, 1.82) is 0 Å².